The van der Waals surface area contributed by atoms with Crippen LogP contribution in [0.1, 0.15) is 311 Å². The first-order chi connectivity index (χ1) is 60.5. The number of nitrogens with one attached hydrogen (secondary N) is 8. The predicted molar refractivity (Wildman–Crippen MR) is 529 cm³/mol. The van der Waals surface area contributed by atoms with Gasteiger partial charge >= 0.3 is 24.1 Å². The van der Waals surface area contributed by atoms with Gasteiger partial charge in [0.15, 0.2) is 57.5 Å². The van der Waals surface area contributed by atoms with Crippen LogP contribution in [0.4, 0.5) is 76.1 Å². The molecule has 10 aromatic carbocycles. The van der Waals surface area contributed by atoms with Gasteiger partial charge in [-0.3, -0.25) is 0 Å². The van der Waals surface area contributed by atoms with Crippen LogP contribution in [0.15, 0.2) is 156 Å². The summed E-state index contributed by atoms with van der Waals surface area (Å²) in [5.74, 6) is 3.64. The van der Waals surface area contributed by atoms with E-state index in [1.807, 2.05) is 48.5 Å². The Bertz CT molecular complexity index is 6120. The molecule has 0 unspecified atom stereocenters. The van der Waals surface area contributed by atoms with Gasteiger partial charge in [0, 0.05) is 66.2 Å². The van der Waals surface area contributed by atoms with Crippen molar-refractivity contribution in [2.24, 2.45) is 9.98 Å². The molecule has 0 saturated carbocycles. The largest absolute Gasteiger partial charge is 0.453 e. The number of nitrogens with zero attached hydrogens (tertiary/aromatic N) is 2. The van der Waals surface area contributed by atoms with E-state index < -0.39 is 67.4 Å². The Balaban J connectivity index is 0.738. The highest BCUT2D eigenvalue weighted by Crippen LogP contribution is 2.62. The molecule has 8 N–H and O–H groups in total. The van der Waals surface area contributed by atoms with Crippen LogP contribution in [0, 0.1) is 0 Å². The molecule has 0 aliphatic carbocycles. The average molecular weight is 1770 g/mol. The summed E-state index contributed by atoms with van der Waals surface area (Å²) < 4.78 is 34.9. The second kappa shape index (κ2) is 32.5. The van der Waals surface area contributed by atoms with Gasteiger partial charge in [0.2, 0.25) is 12.2 Å². The van der Waals surface area contributed by atoms with Crippen LogP contribution >= 0.6 is 0 Å². The molecule has 21 heteroatoms. The maximum absolute atomic E-state index is 15.2. The maximum Gasteiger partial charge on any atom is 0.323 e. The first-order valence-electron chi connectivity index (χ1n) is 45.1. The molecule has 21 nitrogen and oxygen atoms in total. The average Bonchev–Trinajstić information content (AvgIpc) is 0.733. The number of anilines is 8. The highest BCUT2D eigenvalue weighted by atomic mass is 16.5. The number of isocyanates is 2. The Kier molecular flexibility index (Phi) is 23.4. The summed E-state index contributed by atoms with van der Waals surface area (Å²) >= 11 is 0. The van der Waals surface area contributed by atoms with Gasteiger partial charge in [-0.2, -0.15) is 9.98 Å². The van der Waals surface area contributed by atoms with Crippen molar-refractivity contribution in [1.82, 2.24) is 0 Å². The van der Waals surface area contributed by atoms with E-state index in [4.69, 9.17) is 23.7 Å². The Morgan fingerprint density at radius 3 is 0.611 bits per heavy atom. The molecular formula is C110H128N10O11. The fraction of sp³-hybridized carbons (Fsp3) is 0.400. The van der Waals surface area contributed by atoms with Crippen LogP contribution < -0.4 is 66.2 Å². The number of hydrogen-bond donors (Lipinski definition) is 8. The van der Waals surface area contributed by atoms with Crippen molar-refractivity contribution in [3.8, 4) is 57.5 Å². The molecule has 0 aromatic heterocycles. The van der Waals surface area contributed by atoms with Crippen molar-refractivity contribution in [2.75, 3.05) is 42.5 Å². The van der Waals surface area contributed by atoms with Crippen LogP contribution in [-0.4, -0.2) is 36.3 Å². The number of ether oxygens (including phenoxy) is 5. The minimum atomic E-state index is -0.799. The van der Waals surface area contributed by atoms with Crippen LogP contribution in [-0.2, 0) is 74.6 Å². The van der Waals surface area contributed by atoms with Crippen LogP contribution in [0.3, 0.4) is 0 Å². The molecule has 0 radical (unpaired) electrons. The smallest absolute Gasteiger partial charge is 0.323 e. The maximum atomic E-state index is 15.2. The number of amides is 8. The Hall–Kier alpha value is -13.0. The van der Waals surface area contributed by atoms with E-state index in [2.05, 4.69) is 323 Å². The second-order valence-corrected chi connectivity index (χ2v) is 45.9. The lowest BCUT2D eigenvalue weighted by Gasteiger charge is -2.39. The molecule has 684 valence electrons. The fourth-order valence-corrected chi connectivity index (χ4v) is 17.4. The molecule has 0 saturated heterocycles. The highest BCUT2D eigenvalue weighted by Gasteiger charge is 2.47. The second-order valence-electron chi connectivity index (χ2n) is 45.9. The Labute approximate surface area is 772 Å². The van der Waals surface area contributed by atoms with Gasteiger partial charge in [0.25, 0.3) is 0 Å². The van der Waals surface area contributed by atoms with Crippen LogP contribution in [0.25, 0.3) is 0 Å². The summed E-state index contributed by atoms with van der Waals surface area (Å²) in [4.78, 5) is 93.2. The Morgan fingerprint density at radius 1 is 0.252 bits per heavy atom. The molecule has 0 atom stereocenters. The third kappa shape index (κ3) is 18.3. The topological polar surface area (TPSA) is 270 Å². The molecule has 4 aliphatic heterocycles. The lowest BCUT2D eigenvalue weighted by molar-refractivity contribution is 0.261. The van der Waals surface area contributed by atoms with Gasteiger partial charge in [0.05, 0.1) is 45.5 Å². The van der Waals surface area contributed by atoms with Crippen molar-refractivity contribution in [1.29, 1.82) is 0 Å². The third-order valence-corrected chi connectivity index (χ3v) is 26.1. The third-order valence-electron chi connectivity index (χ3n) is 26.1. The fourth-order valence-electron chi connectivity index (χ4n) is 17.4. The number of carbonyl (C=O) groups excluding carboxylic acids is 6. The Morgan fingerprint density at radius 2 is 0.420 bits per heavy atom. The number of carbonyl (C=O) groups is 4. The van der Waals surface area contributed by atoms with E-state index in [1.165, 1.54) is 0 Å². The van der Waals surface area contributed by atoms with Crippen molar-refractivity contribution >= 4 is 93.2 Å². The summed E-state index contributed by atoms with van der Waals surface area (Å²) in [6, 6.07) is 43.9. The molecule has 0 fully saturated rings. The van der Waals surface area contributed by atoms with Crippen molar-refractivity contribution in [3.05, 3.63) is 235 Å². The van der Waals surface area contributed by atoms with Crippen LogP contribution in [0.2, 0.25) is 0 Å². The lowest BCUT2D eigenvalue weighted by atomic mass is 9.71. The molecule has 14 rings (SSSR count). The molecule has 4 aliphatic rings. The molecular weight excluding hydrogens is 1640 g/mol. The summed E-state index contributed by atoms with van der Waals surface area (Å²) in [6.45, 7) is 67.7. The number of aliphatic imine (C=N–C) groups is 2. The van der Waals surface area contributed by atoms with Gasteiger partial charge in [0.1, 0.15) is 11.4 Å². The van der Waals surface area contributed by atoms with E-state index in [9.17, 15) is 9.59 Å². The quantitative estimate of drug-likeness (QED) is 0.0421. The van der Waals surface area contributed by atoms with Gasteiger partial charge < -0.3 is 66.2 Å². The lowest BCUT2D eigenvalue weighted by Crippen LogP contribution is -2.30. The normalized spacial score (nSPS) is 14.9. The zero-order valence-electron chi connectivity index (χ0n) is 82.2. The first-order valence-corrected chi connectivity index (χ1v) is 45.1. The summed E-state index contributed by atoms with van der Waals surface area (Å²) in [6.07, 6.45) is 3.50. The van der Waals surface area contributed by atoms with E-state index in [0.717, 1.165) is 89.0 Å². The monoisotopic (exact) mass is 1760 g/mol. The van der Waals surface area contributed by atoms with Crippen LogP contribution in [0.5, 0.6) is 57.5 Å². The van der Waals surface area contributed by atoms with Gasteiger partial charge in [-0.05, 0) is 161 Å². The predicted octanol–water partition coefficient (Wildman–Crippen LogP) is 30.1. The summed E-state index contributed by atoms with van der Waals surface area (Å²) in [7, 11) is 0. The van der Waals surface area contributed by atoms with Crippen molar-refractivity contribution in [2.45, 2.75) is 287 Å². The van der Waals surface area contributed by atoms with Gasteiger partial charge in [-0.1, -0.05) is 294 Å². The number of rotatable bonds is 12. The standard InChI is InChI=1S/C110H128N10O11/c1-99(2,3)59-41-67-87(77(49-59)111-57-121)128-89-69(107(67,25)26)43-61(101(7,8)9)51-79(89)117-97(125)119-83-55-65(105(19,20)21)47-73-93(83)130-91-71(109(73,29)30)45-63(103(13,14)15)53-81(91)115-95(123)113-75-37-33-35-39-85(75)127-86-40-36-34-38-76(86)114-96(124)116-82-54-64(104(16,17)18)46-72-92(82)131-94-74(110(72,31)32)48-66(106(22,23)24)56-84(94)120-98(126)118-80-52-62(102(10,11)12)44-70-90(80)129-88-68(108(70,27)28)42-60(100(4,5)6)50-78(88)112-58-122/h33-56H,1-32H3,(H2,113,115,123)(H2,114,116,124)(H2,117,119,125)(H2,118,120,126). The highest BCUT2D eigenvalue weighted by molar-refractivity contribution is 6.06. The molecule has 131 heavy (non-hydrogen) atoms. The summed E-state index contributed by atoms with van der Waals surface area (Å²) in [5.41, 5.74) is 11.8. The number of fused-ring (bicyclic) bond motifs is 8. The zero-order valence-corrected chi connectivity index (χ0v) is 82.2. The van der Waals surface area contributed by atoms with E-state index in [0.29, 0.717) is 103 Å². The summed E-state index contributed by atoms with van der Waals surface area (Å²) in [5, 5.41) is 25.4. The van der Waals surface area contributed by atoms with E-state index in [1.54, 1.807) is 60.7 Å². The van der Waals surface area contributed by atoms with E-state index >= 15 is 19.2 Å². The number of hydrogen-bond acceptors (Lipinski definition) is 13. The van der Waals surface area contributed by atoms with E-state index in [-0.39, 0.29) is 33.2 Å². The molecule has 0 spiro atoms. The zero-order chi connectivity index (χ0) is 96.1. The van der Waals surface area contributed by atoms with Gasteiger partial charge in [-0.25, -0.2) is 28.8 Å². The molecule has 0 bridgehead atoms. The number of benzene rings is 10. The van der Waals surface area contributed by atoms with Crippen molar-refractivity contribution < 1.29 is 52.5 Å². The van der Waals surface area contributed by atoms with Gasteiger partial charge in [-0.15, -0.1) is 0 Å². The number of para-hydroxylation sites is 4. The van der Waals surface area contributed by atoms with Crippen molar-refractivity contribution in [3.63, 3.8) is 0 Å². The minimum absolute atomic E-state index is 0.249. The number of urea groups is 4. The molecule has 10 aromatic rings. The molecule has 4 heterocycles. The first kappa shape index (κ1) is 94.2. The minimum Gasteiger partial charge on any atom is -0.453 e. The SMILES string of the molecule is CC(C)(C)c1cc(N=C=O)c2c(c1)C(C)(C)c1cc(C(C)(C)C)cc(NC(=O)Nc3cc(C(C)(C)C)cc4c3Oc3c(NC(=O)Nc5ccccc5Oc5ccccc5NC(=O)Nc5cc(C(C)(C)C)cc6c5Oc5c(NC(=O)Nc7cc(C(C)(C)C)cc8c7Oc7c(N=C=O)cc(C(C)(C)C)cc7C8(C)C)cc(C(C)(C)C)cc5C6(C)C)cc(C(C)(C)C)cc3C4(C)C)c1O2. The molecule has 8 amide bonds.